The summed E-state index contributed by atoms with van der Waals surface area (Å²) in [5, 5.41) is 12.6. The molecule has 1 aromatic heterocycles. The van der Waals surface area contributed by atoms with Crippen molar-refractivity contribution in [3.63, 3.8) is 0 Å². The van der Waals surface area contributed by atoms with Crippen LogP contribution in [0.3, 0.4) is 0 Å². The molecule has 2 aromatic rings. The van der Waals surface area contributed by atoms with Gasteiger partial charge in [-0.05, 0) is 25.5 Å². The summed E-state index contributed by atoms with van der Waals surface area (Å²) in [5.74, 6) is 1.62. The van der Waals surface area contributed by atoms with Crippen LogP contribution in [-0.4, -0.2) is 41.1 Å². The van der Waals surface area contributed by atoms with Crippen molar-refractivity contribution < 1.29 is 14.6 Å². The summed E-state index contributed by atoms with van der Waals surface area (Å²) < 4.78 is 10.8. The number of hydrogen-bond donors (Lipinski definition) is 3. The molecule has 6 heteroatoms. The summed E-state index contributed by atoms with van der Waals surface area (Å²) in [7, 11) is 1.63. The van der Waals surface area contributed by atoms with E-state index >= 15 is 0 Å². The van der Waals surface area contributed by atoms with Crippen LogP contribution < -0.4 is 5.32 Å². The molecule has 3 atom stereocenters. The van der Waals surface area contributed by atoms with E-state index < -0.39 is 0 Å². The zero-order valence-corrected chi connectivity index (χ0v) is 15.3. The van der Waals surface area contributed by atoms with Gasteiger partial charge in [0.25, 0.3) is 0 Å². The molecule has 0 spiro atoms. The van der Waals surface area contributed by atoms with Gasteiger partial charge in [-0.1, -0.05) is 36.4 Å². The second kappa shape index (κ2) is 8.31. The maximum atomic E-state index is 9.07. The third kappa shape index (κ3) is 3.88. The molecule has 0 fully saturated rings. The van der Waals surface area contributed by atoms with E-state index in [1.54, 1.807) is 7.11 Å². The second-order valence-corrected chi connectivity index (χ2v) is 6.23. The van der Waals surface area contributed by atoms with Crippen LogP contribution in [0.5, 0.6) is 0 Å². The number of rotatable bonds is 8. The number of allylic oxidation sites excluding steroid dienone is 1. The minimum atomic E-state index is -0.331. The van der Waals surface area contributed by atoms with Gasteiger partial charge in [0.2, 0.25) is 0 Å². The van der Waals surface area contributed by atoms with Gasteiger partial charge in [0, 0.05) is 5.57 Å². The van der Waals surface area contributed by atoms with Gasteiger partial charge in [-0.3, -0.25) is 5.32 Å². The van der Waals surface area contributed by atoms with Crippen molar-refractivity contribution in [1.82, 2.24) is 15.3 Å². The van der Waals surface area contributed by atoms with E-state index in [0.717, 1.165) is 28.4 Å². The van der Waals surface area contributed by atoms with E-state index in [1.807, 2.05) is 43.5 Å². The fourth-order valence-corrected chi connectivity index (χ4v) is 3.19. The minimum Gasteiger partial charge on any atom is -0.497 e. The van der Waals surface area contributed by atoms with Gasteiger partial charge in [-0.25, -0.2) is 4.98 Å². The zero-order valence-electron chi connectivity index (χ0n) is 15.3. The Morgan fingerprint density at radius 2 is 2.04 bits per heavy atom. The quantitative estimate of drug-likeness (QED) is 0.635. The van der Waals surface area contributed by atoms with E-state index in [4.69, 9.17) is 14.6 Å². The maximum Gasteiger partial charge on any atom is 0.144 e. The Morgan fingerprint density at radius 1 is 1.27 bits per heavy atom. The molecule has 1 aliphatic carbocycles. The largest absolute Gasteiger partial charge is 0.497 e. The predicted octanol–water partition coefficient (Wildman–Crippen LogP) is 2.92. The molecule has 1 heterocycles. The first kappa shape index (κ1) is 18.4. The summed E-state index contributed by atoms with van der Waals surface area (Å²) in [4.78, 5) is 7.90. The minimum absolute atomic E-state index is 0.00496. The molecule has 1 unspecified atom stereocenters. The predicted molar refractivity (Wildman–Crippen MR) is 100 cm³/mol. The monoisotopic (exact) mass is 355 g/mol. The van der Waals surface area contributed by atoms with Gasteiger partial charge in [0.15, 0.2) is 0 Å². The number of nitrogens with one attached hydrogen (secondary N) is 2. The molecule has 1 aromatic carbocycles. The average Bonchev–Trinajstić information content (AvgIpc) is 3.30. The highest BCUT2D eigenvalue weighted by atomic mass is 16.6. The van der Waals surface area contributed by atoms with Crippen LogP contribution in [0.4, 0.5) is 0 Å². The number of methoxy groups -OCH3 is 1. The van der Waals surface area contributed by atoms with Crippen molar-refractivity contribution in [2.24, 2.45) is 0 Å². The summed E-state index contributed by atoms with van der Waals surface area (Å²) in [6, 6.07) is 10.1. The molecular formula is C20H25N3O3. The molecule has 0 aliphatic heterocycles. The zero-order chi connectivity index (χ0) is 18.5. The van der Waals surface area contributed by atoms with Crippen LogP contribution >= 0.6 is 0 Å². The van der Waals surface area contributed by atoms with Gasteiger partial charge < -0.3 is 19.6 Å². The Hall–Kier alpha value is -2.41. The smallest absolute Gasteiger partial charge is 0.144 e. The summed E-state index contributed by atoms with van der Waals surface area (Å²) in [6.07, 6.45) is 5.55. The Balaban J connectivity index is 1.73. The summed E-state index contributed by atoms with van der Waals surface area (Å²) >= 11 is 0. The van der Waals surface area contributed by atoms with Crippen molar-refractivity contribution in [2.45, 2.75) is 32.0 Å². The van der Waals surface area contributed by atoms with E-state index in [1.165, 1.54) is 0 Å². The first-order chi connectivity index (χ1) is 12.6. The number of benzene rings is 1. The van der Waals surface area contributed by atoms with Gasteiger partial charge >= 0.3 is 0 Å². The molecule has 3 rings (SSSR count). The lowest BCUT2D eigenvalue weighted by atomic mass is 10.0. The highest BCUT2D eigenvalue weighted by Gasteiger charge is 2.28. The van der Waals surface area contributed by atoms with E-state index in [9.17, 15) is 0 Å². The molecular weight excluding hydrogens is 330 g/mol. The number of ether oxygens (including phenoxy) is 2. The van der Waals surface area contributed by atoms with Crippen LogP contribution in [0, 0.1) is 0 Å². The lowest BCUT2D eigenvalue weighted by Gasteiger charge is -2.24. The lowest BCUT2D eigenvalue weighted by Crippen LogP contribution is -2.35. The Morgan fingerprint density at radius 3 is 2.73 bits per heavy atom. The topological polar surface area (TPSA) is 79.4 Å². The van der Waals surface area contributed by atoms with Crippen molar-refractivity contribution >= 4 is 0 Å². The van der Waals surface area contributed by atoms with Gasteiger partial charge in [0.05, 0.1) is 37.2 Å². The molecule has 0 amide bonds. The van der Waals surface area contributed by atoms with Gasteiger partial charge in [-0.2, -0.15) is 0 Å². The van der Waals surface area contributed by atoms with E-state index in [2.05, 4.69) is 34.3 Å². The number of hydrogen-bond acceptors (Lipinski definition) is 5. The van der Waals surface area contributed by atoms with E-state index in [0.29, 0.717) is 0 Å². The lowest BCUT2D eigenvalue weighted by molar-refractivity contribution is -0.0308. The average molecular weight is 355 g/mol. The molecule has 1 aliphatic rings. The second-order valence-electron chi connectivity index (χ2n) is 6.23. The van der Waals surface area contributed by atoms with Gasteiger partial charge in [-0.15, -0.1) is 0 Å². The SMILES string of the molecule is COC1=C([C@H](C)OCO)C(N[C@@H](C)c2ncc(-c3ccccc3)[nH]2)C=C1. The Bertz CT molecular complexity index is 783. The fourth-order valence-electron chi connectivity index (χ4n) is 3.19. The van der Waals surface area contributed by atoms with Gasteiger partial charge in [0.1, 0.15) is 18.4 Å². The highest BCUT2D eigenvalue weighted by Crippen LogP contribution is 2.27. The Labute approximate surface area is 153 Å². The molecule has 26 heavy (non-hydrogen) atoms. The van der Waals surface area contributed by atoms with Crippen molar-refractivity contribution in [3.8, 4) is 11.3 Å². The van der Waals surface area contributed by atoms with Crippen molar-refractivity contribution in [3.05, 3.63) is 65.8 Å². The molecule has 138 valence electrons. The molecule has 0 saturated heterocycles. The van der Waals surface area contributed by atoms with Crippen LogP contribution in [0.15, 0.2) is 60.0 Å². The molecule has 0 saturated carbocycles. The molecule has 0 bridgehead atoms. The number of H-pyrrole nitrogens is 1. The molecule has 0 radical (unpaired) electrons. The number of aromatic nitrogens is 2. The highest BCUT2D eigenvalue weighted by molar-refractivity contribution is 5.58. The van der Waals surface area contributed by atoms with Crippen molar-refractivity contribution in [2.75, 3.05) is 13.9 Å². The number of aliphatic hydroxyl groups excluding tert-OH is 1. The van der Waals surface area contributed by atoms with Crippen LogP contribution in [0.2, 0.25) is 0 Å². The number of imidazole rings is 1. The fraction of sp³-hybridized carbons (Fsp3) is 0.350. The van der Waals surface area contributed by atoms with Crippen LogP contribution in [-0.2, 0) is 9.47 Å². The number of aromatic amines is 1. The first-order valence-electron chi connectivity index (χ1n) is 8.69. The number of aliphatic hydroxyl groups is 1. The molecule has 6 nitrogen and oxygen atoms in total. The maximum absolute atomic E-state index is 9.07. The Kier molecular flexibility index (Phi) is 5.88. The van der Waals surface area contributed by atoms with Crippen molar-refractivity contribution in [1.29, 1.82) is 0 Å². The third-order valence-electron chi connectivity index (χ3n) is 4.56. The summed E-state index contributed by atoms with van der Waals surface area (Å²) in [6.45, 7) is 3.63. The first-order valence-corrected chi connectivity index (χ1v) is 8.69. The normalized spacial score (nSPS) is 19.0. The standard InChI is InChI=1S/C20H25N3O3/c1-13(20-21-11-17(23-20)15-7-5-4-6-8-15)22-16-9-10-18(25-3)19(16)14(2)26-12-24/h4-11,13-14,16,22,24H,12H2,1-3H3,(H,21,23)/t13-,14-,16?/m0/s1. The third-order valence-corrected chi connectivity index (χ3v) is 4.56. The summed E-state index contributed by atoms with van der Waals surface area (Å²) in [5.41, 5.74) is 3.05. The van der Waals surface area contributed by atoms with E-state index in [-0.39, 0.29) is 25.0 Å². The van der Waals surface area contributed by atoms with Crippen LogP contribution in [0.1, 0.15) is 25.7 Å². The number of nitrogens with zero attached hydrogens (tertiary/aromatic N) is 1. The van der Waals surface area contributed by atoms with Crippen LogP contribution in [0.25, 0.3) is 11.3 Å². The molecule has 3 N–H and O–H groups in total.